The van der Waals surface area contributed by atoms with Crippen LogP contribution in [0.15, 0.2) is 24.3 Å². The van der Waals surface area contributed by atoms with Crippen LogP contribution in [0.4, 0.5) is 0 Å². The minimum atomic E-state index is 0. The van der Waals surface area contributed by atoms with E-state index >= 15 is 0 Å². The molecule has 0 heterocycles. The maximum atomic E-state index is 10.8. The molecule has 0 amide bonds. The van der Waals surface area contributed by atoms with Gasteiger partial charge in [0.15, 0.2) is 0 Å². The summed E-state index contributed by atoms with van der Waals surface area (Å²) < 4.78 is 0. The number of aryl methyl sites for hydroxylation is 1. The molecule has 0 atom stereocenters. The van der Waals surface area contributed by atoms with Gasteiger partial charge in [-0.15, -0.1) is 0 Å². The van der Waals surface area contributed by atoms with Crippen LogP contribution < -0.4 is 0 Å². The number of benzene rings is 1. The molecule has 0 saturated heterocycles. The van der Waals surface area contributed by atoms with Gasteiger partial charge in [-0.25, -0.2) is 0 Å². The summed E-state index contributed by atoms with van der Waals surface area (Å²) >= 11 is 0. The van der Waals surface area contributed by atoms with Crippen LogP contribution in [-0.4, -0.2) is 5.78 Å². The molecule has 0 aliphatic heterocycles. The molecule has 0 aliphatic carbocycles. The predicted octanol–water partition coefficient (Wildman–Crippen LogP) is 3.02. The van der Waals surface area contributed by atoms with Crippen LogP contribution in [0.25, 0.3) is 0 Å². The monoisotopic (exact) mass is 178 g/mol. The Morgan fingerprint density at radius 1 is 1.23 bits per heavy atom. The summed E-state index contributed by atoms with van der Waals surface area (Å²) in [5.41, 5.74) is 2.47. The van der Waals surface area contributed by atoms with Gasteiger partial charge in [0.1, 0.15) is 5.78 Å². The third-order valence-corrected chi connectivity index (χ3v) is 2.01. The quantitative estimate of drug-likeness (QED) is 0.692. The van der Waals surface area contributed by atoms with Gasteiger partial charge in [0.25, 0.3) is 0 Å². The first-order valence-corrected chi connectivity index (χ1v) is 4.79. The molecule has 0 aliphatic rings. The molecule has 0 aromatic heterocycles. The molecule has 13 heavy (non-hydrogen) atoms. The number of rotatable bonds is 4. The van der Waals surface area contributed by atoms with E-state index in [0.717, 1.165) is 12.0 Å². The Morgan fingerprint density at radius 2 is 1.77 bits per heavy atom. The Balaban J connectivity index is 0.00000169. The summed E-state index contributed by atoms with van der Waals surface area (Å²) in [5.74, 6) is 0.225. The molecule has 72 valence electrons. The first kappa shape index (κ1) is 9.97. The van der Waals surface area contributed by atoms with Crippen molar-refractivity contribution in [1.82, 2.24) is 0 Å². The second-order valence-electron chi connectivity index (χ2n) is 3.45. The molecule has 0 radical (unpaired) electrons. The molecule has 0 bridgehead atoms. The van der Waals surface area contributed by atoms with Crippen molar-refractivity contribution in [2.75, 3.05) is 0 Å². The second kappa shape index (κ2) is 4.80. The molecular formula is C12H18O. The zero-order valence-corrected chi connectivity index (χ0v) is 8.34. The highest BCUT2D eigenvalue weighted by molar-refractivity contribution is 5.78. The van der Waals surface area contributed by atoms with Crippen molar-refractivity contribution in [3.8, 4) is 0 Å². The molecular weight excluding hydrogens is 160 g/mol. The molecule has 1 nitrogen and oxygen atoms in total. The van der Waals surface area contributed by atoms with Crippen molar-refractivity contribution in [1.29, 1.82) is 0 Å². The summed E-state index contributed by atoms with van der Waals surface area (Å²) in [6.07, 6.45) is 2.86. The summed E-state index contributed by atoms with van der Waals surface area (Å²) in [6.45, 7) is 3.80. The molecule has 0 unspecified atom stereocenters. The molecule has 0 fully saturated rings. The van der Waals surface area contributed by atoms with E-state index in [1.54, 1.807) is 6.92 Å². The zero-order valence-electron chi connectivity index (χ0n) is 8.34. The van der Waals surface area contributed by atoms with Crippen molar-refractivity contribution >= 4 is 5.78 Å². The fraction of sp³-hybridized carbons (Fsp3) is 0.417. The molecule has 1 aromatic rings. The maximum absolute atomic E-state index is 10.8. The number of carbonyl (C=O) groups excluding carboxylic acids is 1. The predicted molar refractivity (Wildman–Crippen MR) is 56.9 cm³/mol. The average Bonchev–Trinajstić information content (AvgIpc) is 2.08. The van der Waals surface area contributed by atoms with E-state index < -0.39 is 0 Å². The van der Waals surface area contributed by atoms with Gasteiger partial charge in [-0.3, -0.25) is 4.79 Å². The molecule has 0 spiro atoms. The maximum Gasteiger partial charge on any atom is 0.134 e. The summed E-state index contributed by atoms with van der Waals surface area (Å²) in [5, 5.41) is 0. The lowest BCUT2D eigenvalue weighted by molar-refractivity contribution is -0.116. The van der Waals surface area contributed by atoms with Crippen molar-refractivity contribution in [3.63, 3.8) is 0 Å². The normalized spacial score (nSPS) is 10.0. The van der Waals surface area contributed by atoms with E-state index in [0.29, 0.717) is 6.42 Å². The van der Waals surface area contributed by atoms with Crippen LogP contribution >= 0.6 is 0 Å². The van der Waals surface area contributed by atoms with Crippen LogP contribution in [0.5, 0.6) is 0 Å². The Bertz CT molecular complexity index is 277. The van der Waals surface area contributed by atoms with Gasteiger partial charge < -0.3 is 0 Å². The van der Waals surface area contributed by atoms with Crippen molar-refractivity contribution < 1.29 is 6.22 Å². The highest BCUT2D eigenvalue weighted by atomic mass is 16.1. The third kappa shape index (κ3) is 3.41. The smallest absolute Gasteiger partial charge is 0.134 e. The van der Waals surface area contributed by atoms with Gasteiger partial charge in [0, 0.05) is 7.85 Å². The third-order valence-electron chi connectivity index (χ3n) is 2.01. The Morgan fingerprint density at radius 3 is 2.23 bits per heavy atom. The first-order chi connectivity index (χ1) is 6.22. The SMILES string of the molecule is CCCc1ccc(CC(C)=O)cc1.[HH]. The largest absolute Gasteiger partial charge is 0.300 e. The second-order valence-corrected chi connectivity index (χ2v) is 3.45. The summed E-state index contributed by atoms with van der Waals surface area (Å²) in [6, 6.07) is 8.32. The number of hydrogen-bond donors (Lipinski definition) is 0. The standard InChI is InChI=1S/C12H16O.H2/c1-3-4-11-5-7-12(8-6-11)9-10(2)13;/h5-8H,3-4,9H2,1-2H3;1H. The molecule has 0 saturated carbocycles. The zero-order chi connectivity index (χ0) is 9.68. The van der Waals surface area contributed by atoms with Crippen LogP contribution in [0.2, 0.25) is 0 Å². The lowest BCUT2D eigenvalue weighted by Gasteiger charge is -2.00. The minimum Gasteiger partial charge on any atom is -0.300 e. The number of Topliss-reactive ketones (excluding diaryl/α,β-unsaturated/α-hetero) is 1. The topological polar surface area (TPSA) is 17.1 Å². The highest BCUT2D eigenvalue weighted by Crippen LogP contribution is 2.07. The average molecular weight is 178 g/mol. The van der Waals surface area contributed by atoms with Crippen molar-refractivity contribution in [2.45, 2.75) is 33.1 Å². The Hall–Kier alpha value is -1.11. The van der Waals surface area contributed by atoms with E-state index in [-0.39, 0.29) is 7.21 Å². The lowest BCUT2D eigenvalue weighted by Crippen LogP contribution is -1.96. The van der Waals surface area contributed by atoms with E-state index in [9.17, 15) is 4.79 Å². The van der Waals surface area contributed by atoms with Gasteiger partial charge in [0.05, 0.1) is 0 Å². The van der Waals surface area contributed by atoms with Gasteiger partial charge in [-0.2, -0.15) is 0 Å². The molecule has 1 aromatic carbocycles. The van der Waals surface area contributed by atoms with E-state index in [1.807, 2.05) is 12.1 Å². The number of ketones is 1. The van der Waals surface area contributed by atoms with Gasteiger partial charge in [-0.05, 0) is 24.5 Å². The van der Waals surface area contributed by atoms with E-state index in [4.69, 9.17) is 0 Å². The van der Waals surface area contributed by atoms with Crippen LogP contribution in [-0.2, 0) is 17.6 Å². The van der Waals surface area contributed by atoms with Gasteiger partial charge in [-0.1, -0.05) is 37.6 Å². The van der Waals surface area contributed by atoms with Crippen LogP contribution in [0, 0.1) is 0 Å². The molecule has 0 N–H and O–H groups in total. The molecule has 1 rings (SSSR count). The van der Waals surface area contributed by atoms with Crippen LogP contribution in [0.3, 0.4) is 0 Å². The number of carbonyl (C=O) groups is 1. The van der Waals surface area contributed by atoms with Gasteiger partial charge in [0.2, 0.25) is 0 Å². The minimum absolute atomic E-state index is 0. The van der Waals surface area contributed by atoms with E-state index in [2.05, 4.69) is 19.1 Å². The first-order valence-electron chi connectivity index (χ1n) is 4.79. The van der Waals surface area contributed by atoms with Crippen molar-refractivity contribution in [2.24, 2.45) is 0 Å². The summed E-state index contributed by atoms with van der Waals surface area (Å²) in [4.78, 5) is 10.8. The number of hydrogen-bond acceptors (Lipinski definition) is 1. The summed E-state index contributed by atoms with van der Waals surface area (Å²) in [7, 11) is 0. The van der Waals surface area contributed by atoms with Crippen molar-refractivity contribution in [3.05, 3.63) is 35.4 Å². The highest BCUT2D eigenvalue weighted by Gasteiger charge is 1.97. The Kier molecular flexibility index (Phi) is 3.69. The van der Waals surface area contributed by atoms with E-state index in [1.165, 1.54) is 12.0 Å². The fourth-order valence-electron chi connectivity index (χ4n) is 1.40. The van der Waals surface area contributed by atoms with Gasteiger partial charge >= 0.3 is 0 Å². The Labute approximate surface area is 81.3 Å². The fourth-order valence-corrected chi connectivity index (χ4v) is 1.40. The molecule has 1 heteroatoms. The lowest BCUT2D eigenvalue weighted by atomic mass is 10.0. The van der Waals surface area contributed by atoms with Crippen LogP contribution in [0.1, 0.15) is 32.8 Å².